The zero-order valence-electron chi connectivity index (χ0n) is 29.1. The molecular formula is C40H50NNaO6. The first kappa shape index (κ1) is 37.7. The molecule has 1 amide bonds. The van der Waals surface area contributed by atoms with E-state index in [1.165, 1.54) is 90.4 Å². The maximum absolute atomic E-state index is 13.6. The van der Waals surface area contributed by atoms with Gasteiger partial charge in [0.25, 0.3) is 0 Å². The van der Waals surface area contributed by atoms with Crippen LogP contribution < -0.4 is 10.1 Å². The van der Waals surface area contributed by atoms with Gasteiger partial charge in [-0.05, 0) is 12.1 Å². The van der Waals surface area contributed by atoms with Crippen LogP contribution in [-0.2, 0) is 26.2 Å². The average Bonchev–Trinajstić information content (AvgIpc) is 3.05. The summed E-state index contributed by atoms with van der Waals surface area (Å²) in [5, 5.41) is 19.1. The Bertz CT molecular complexity index is 1480. The molecule has 1 aliphatic carbocycles. The third-order valence-electron chi connectivity index (χ3n) is 9.64. The Morgan fingerprint density at radius 2 is 1.44 bits per heavy atom. The van der Waals surface area contributed by atoms with Gasteiger partial charge in [-0.2, -0.15) is 0 Å². The summed E-state index contributed by atoms with van der Waals surface area (Å²) in [5.41, 5.74) is 5.59. The molecule has 1 fully saturated rings. The topological polar surface area (TPSA) is 113 Å². The number of anilines is 1. The number of nitrogens with one attached hydrogen (secondary N) is 1. The van der Waals surface area contributed by atoms with E-state index in [-0.39, 0.29) is 30.1 Å². The third kappa shape index (κ3) is 11.5. The predicted octanol–water partition coefficient (Wildman–Crippen LogP) is 9.44. The molecule has 5 rings (SSSR count). The van der Waals surface area contributed by atoms with Crippen molar-refractivity contribution in [3.05, 3.63) is 89.0 Å². The smallest absolute Gasteiger partial charge is 0.303 e. The molecule has 1 aliphatic heterocycles. The molecule has 0 radical (unpaired) electrons. The number of carboxylic acid groups (broad SMARTS) is 2. The number of aliphatic carboxylic acids is 2. The van der Waals surface area contributed by atoms with Crippen molar-refractivity contribution < 1.29 is 29.3 Å². The SMILES string of the molecule is CC(C)(C)c1ccc(CC[CH]([Na])CCC2CCCCC2)cc1NC(=O)CC1c2ccccc2Oc2ccccc21.O=C(O)CCC(=O)O. The second kappa shape index (κ2) is 18.0. The zero-order chi connectivity index (χ0) is 34.7. The average molecular weight is 664 g/mol. The first-order valence-corrected chi connectivity index (χ1v) is 18.8. The van der Waals surface area contributed by atoms with Gasteiger partial charge in [0, 0.05) is 0 Å². The Labute approximate surface area is 303 Å². The van der Waals surface area contributed by atoms with Gasteiger partial charge >= 0.3 is 231 Å². The molecule has 3 aromatic carbocycles. The minimum absolute atomic E-state index is 0.0302. The molecule has 1 unspecified atom stereocenters. The van der Waals surface area contributed by atoms with E-state index < -0.39 is 11.9 Å². The van der Waals surface area contributed by atoms with Gasteiger partial charge in [0.05, 0.1) is 12.8 Å². The van der Waals surface area contributed by atoms with Gasteiger partial charge in [-0.25, -0.2) is 0 Å². The van der Waals surface area contributed by atoms with E-state index in [4.69, 9.17) is 14.9 Å². The van der Waals surface area contributed by atoms with Crippen LogP contribution in [0.2, 0.25) is 3.17 Å². The number of carbonyl (C=O) groups excluding carboxylic acids is 1. The molecule has 0 spiro atoms. The van der Waals surface area contributed by atoms with Gasteiger partial charge in [0.15, 0.2) is 0 Å². The Morgan fingerprint density at radius 3 is 2.00 bits per heavy atom. The van der Waals surface area contributed by atoms with Crippen molar-refractivity contribution in [2.45, 2.75) is 112 Å². The number of ether oxygens (including phenoxy) is 1. The maximum Gasteiger partial charge on any atom is 0.303 e. The van der Waals surface area contributed by atoms with Crippen LogP contribution in [0.5, 0.6) is 11.5 Å². The summed E-state index contributed by atoms with van der Waals surface area (Å²) in [4.78, 5) is 32.9. The summed E-state index contributed by atoms with van der Waals surface area (Å²) in [7, 11) is 0. The van der Waals surface area contributed by atoms with Gasteiger partial charge < -0.3 is 14.9 Å². The van der Waals surface area contributed by atoms with E-state index in [1.807, 2.05) is 36.4 Å². The number of aryl methyl sites for hydroxylation is 1. The summed E-state index contributed by atoms with van der Waals surface area (Å²) in [6.07, 6.45) is 12.2. The molecule has 3 aromatic rings. The number of fused-ring (bicyclic) bond motifs is 2. The summed E-state index contributed by atoms with van der Waals surface area (Å²) in [5.74, 6) is 0.535. The van der Waals surface area contributed by atoms with Crippen LogP contribution in [0.25, 0.3) is 0 Å². The van der Waals surface area contributed by atoms with E-state index in [0.29, 0.717) is 6.42 Å². The Hall–Kier alpha value is -3.13. The molecule has 1 saturated carbocycles. The van der Waals surface area contributed by atoms with Gasteiger partial charge in [-0.15, -0.1) is 0 Å². The maximum atomic E-state index is 13.6. The van der Waals surface area contributed by atoms with Crippen molar-refractivity contribution in [2.24, 2.45) is 5.92 Å². The number of hydrogen-bond acceptors (Lipinski definition) is 4. The van der Waals surface area contributed by atoms with E-state index >= 15 is 0 Å². The van der Waals surface area contributed by atoms with Crippen molar-refractivity contribution >= 4 is 51.5 Å². The molecule has 252 valence electrons. The first-order valence-electron chi connectivity index (χ1n) is 17.6. The van der Waals surface area contributed by atoms with E-state index in [9.17, 15) is 14.4 Å². The van der Waals surface area contributed by atoms with E-state index in [2.05, 4.69) is 56.4 Å². The minimum atomic E-state index is -1.08. The van der Waals surface area contributed by atoms with Crippen LogP contribution in [0.3, 0.4) is 0 Å². The second-order valence-electron chi connectivity index (χ2n) is 14.6. The third-order valence-corrected chi connectivity index (χ3v) is 10.8. The molecule has 8 heteroatoms. The predicted molar refractivity (Wildman–Crippen MR) is 191 cm³/mol. The van der Waals surface area contributed by atoms with Crippen molar-refractivity contribution in [3.63, 3.8) is 0 Å². The van der Waals surface area contributed by atoms with E-state index in [0.717, 1.165) is 43.8 Å². The molecule has 0 saturated heterocycles. The van der Waals surface area contributed by atoms with Gasteiger partial charge in [0.1, 0.15) is 0 Å². The van der Waals surface area contributed by atoms with Gasteiger partial charge in [-0.3, -0.25) is 9.59 Å². The normalized spacial score (nSPS) is 15.2. The van der Waals surface area contributed by atoms with Crippen LogP contribution in [0.4, 0.5) is 5.69 Å². The Morgan fingerprint density at radius 1 is 0.854 bits per heavy atom. The number of hydrogen-bond donors (Lipinski definition) is 3. The second-order valence-corrected chi connectivity index (χ2v) is 16.3. The van der Waals surface area contributed by atoms with Crippen LogP contribution in [0.1, 0.15) is 120 Å². The number of rotatable bonds is 12. The molecular weight excluding hydrogens is 613 g/mol. The molecule has 48 heavy (non-hydrogen) atoms. The number of amides is 1. The molecule has 1 atom stereocenters. The number of carboxylic acids is 2. The molecule has 0 bridgehead atoms. The molecule has 0 aromatic heterocycles. The van der Waals surface area contributed by atoms with Gasteiger partial charge in [0.2, 0.25) is 0 Å². The van der Waals surface area contributed by atoms with Crippen molar-refractivity contribution in [2.75, 3.05) is 5.32 Å². The van der Waals surface area contributed by atoms with E-state index in [1.54, 1.807) is 0 Å². The zero-order valence-corrected chi connectivity index (χ0v) is 31.1. The summed E-state index contributed by atoms with van der Waals surface area (Å²) >= 11 is 1.26. The van der Waals surface area contributed by atoms with Crippen LogP contribution in [-0.4, -0.2) is 56.0 Å². The fourth-order valence-electron chi connectivity index (χ4n) is 6.89. The van der Waals surface area contributed by atoms with Crippen molar-refractivity contribution in [1.29, 1.82) is 0 Å². The quantitative estimate of drug-likeness (QED) is 0.166. The van der Waals surface area contributed by atoms with Gasteiger partial charge in [-0.1, -0.05) is 24.3 Å². The summed E-state index contributed by atoms with van der Waals surface area (Å²) < 4.78 is 7.03. The number of carbonyl (C=O) groups is 3. The molecule has 1 heterocycles. The fourth-order valence-corrected chi connectivity index (χ4v) is 7.51. The largest absolute Gasteiger partial charge is 0.481 e. The summed E-state index contributed by atoms with van der Waals surface area (Å²) in [6, 6.07) is 23.0. The Balaban J connectivity index is 0.000000579. The monoisotopic (exact) mass is 663 g/mol. The molecule has 7 nitrogen and oxygen atoms in total. The Kier molecular flexibility index (Phi) is 14.2. The number of para-hydroxylation sites is 2. The molecule has 3 N–H and O–H groups in total. The number of benzene rings is 3. The molecule has 2 aliphatic rings. The van der Waals surface area contributed by atoms with Crippen LogP contribution in [0.15, 0.2) is 66.7 Å². The fraction of sp³-hybridized carbons (Fsp3) is 0.475. The first-order chi connectivity index (χ1) is 22.9. The van der Waals surface area contributed by atoms with Crippen LogP contribution in [0, 0.1) is 5.92 Å². The summed E-state index contributed by atoms with van der Waals surface area (Å²) in [6.45, 7) is 6.67. The van der Waals surface area contributed by atoms with Crippen LogP contribution >= 0.6 is 0 Å². The standard InChI is InChI=1S/C36H44NO2.C4H6O4.Na/c1-36(2,3)31-23-22-27(17-9-5-8-16-26-14-6-4-7-15-26)24-32(31)37-35(38)25-30-28-18-10-12-20-33(28)39-34-21-13-11-19-29(30)34;5-3(6)1-2-4(7)8;/h5,10-13,18-24,26,30H,4,6-9,14-17,25H2,1-3H3,(H,37,38);1-2H2,(H,5,6)(H,7,8);. The van der Waals surface area contributed by atoms with Crippen molar-refractivity contribution in [3.8, 4) is 11.5 Å². The minimum Gasteiger partial charge on any atom is -0.481 e. The van der Waals surface area contributed by atoms with Crippen molar-refractivity contribution in [1.82, 2.24) is 0 Å².